The molecule has 9 heteroatoms. The first-order valence-electron chi connectivity index (χ1n) is 12.7. The summed E-state index contributed by atoms with van der Waals surface area (Å²) in [6.45, 7) is 7.79. The second kappa shape index (κ2) is 8.26. The Morgan fingerprint density at radius 2 is 1.64 bits per heavy atom. The third-order valence-electron chi connectivity index (χ3n) is 8.30. The highest BCUT2D eigenvalue weighted by Crippen LogP contribution is 2.53. The van der Waals surface area contributed by atoms with Crippen molar-refractivity contribution in [2.45, 2.75) is 63.2 Å². The first-order valence-corrected chi connectivity index (χ1v) is 14.2. The maximum atomic E-state index is 13.3. The van der Waals surface area contributed by atoms with E-state index in [0.717, 1.165) is 55.7 Å². The third kappa shape index (κ3) is 3.92. The SMILES string of the molecule is Cc1ccc(S(=O)(=O)n2ccc3c(N(C)[C@H]4CC5CC6(C[C@@H]5C4)OCC(C)(C)CO6)ncnc32)cc1. The smallest absolute Gasteiger partial charge is 0.269 e. The number of anilines is 1. The molecular weight excluding hydrogens is 476 g/mol. The molecule has 2 aliphatic carbocycles. The van der Waals surface area contributed by atoms with Gasteiger partial charge in [0.15, 0.2) is 11.4 Å². The zero-order chi connectivity index (χ0) is 25.3. The number of benzene rings is 1. The molecule has 1 aliphatic heterocycles. The van der Waals surface area contributed by atoms with E-state index in [4.69, 9.17) is 9.47 Å². The monoisotopic (exact) mass is 510 g/mol. The number of hydrogen-bond donors (Lipinski definition) is 0. The molecule has 8 nitrogen and oxygen atoms in total. The Labute approximate surface area is 212 Å². The number of ether oxygens (including phenoxy) is 2. The molecule has 2 aromatic heterocycles. The molecule has 3 heterocycles. The topological polar surface area (TPSA) is 86.6 Å². The van der Waals surface area contributed by atoms with E-state index >= 15 is 0 Å². The van der Waals surface area contributed by atoms with Gasteiger partial charge in [-0.15, -0.1) is 0 Å². The van der Waals surface area contributed by atoms with Crippen LogP contribution in [0.15, 0.2) is 47.8 Å². The Hall–Kier alpha value is -2.49. The summed E-state index contributed by atoms with van der Waals surface area (Å²) >= 11 is 0. The molecule has 3 fully saturated rings. The molecule has 36 heavy (non-hydrogen) atoms. The minimum atomic E-state index is -3.76. The Morgan fingerprint density at radius 1 is 1.00 bits per heavy atom. The molecule has 3 aromatic rings. The van der Waals surface area contributed by atoms with Gasteiger partial charge in [0.25, 0.3) is 10.0 Å². The van der Waals surface area contributed by atoms with E-state index in [1.165, 1.54) is 10.3 Å². The number of nitrogens with zero attached hydrogens (tertiary/aromatic N) is 4. The third-order valence-corrected chi connectivity index (χ3v) is 9.98. The fraction of sp³-hybridized carbons (Fsp3) is 0.556. The van der Waals surface area contributed by atoms with Crippen molar-refractivity contribution >= 4 is 26.9 Å². The van der Waals surface area contributed by atoms with Crippen LogP contribution in [0.1, 0.15) is 45.1 Å². The van der Waals surface area contributed by atoms with Crippen LogP contribution < -0.4 is 4.90 Å². The fourth-order valence-electron chi connectivity index (χ4n) is 6.24. The molecule has 3 atom stereocenters. The molecule has 192 valence electrons. The van der Waals surface area contributed by atoms with Crippen LogP contribution >= 0.6 is 0 Å². The van der Waals surface area contributed by atoms with Crippen molar-refractivity contribution in [3.8, 4) is 0 Å². The van der Waals surface area contributed by atoms with Gasteiger partial charge in [0.2, 0.25) is 0 Å². The van der Waals surface area contributed by atoms with Crippen molar-refractivity contribution in [2.24, 2.45) is 17.3 Å². The lowest BCUT2D eigenvalue weighted by molar-refractivity contribution is -0.297. The standard InChI is InChI=1S/C27H34N4O4S/c1-18-5-7-22(8-6-18)36(32,33)31-10-9-23-24(28-17-29-25(23)31)30(4)21-11-19-13-27(14-20(19)12-21)34-15-26(2,3)16-35-27/h5-10,17,19-21H,11-16H2,1-4H3/t19-,20?,21+/m0/s1. The van der Waals surface area contributed by atoms with Gasteiger partial charge in [0, 0.05) is 37.5 Å². The summed E-state index contributed by atoms with van der Waals surface area (Å²) in [4.78, 5) is 11.4. The molecule has 1 unspecified atom stereocenters. The zero-order valence-corrected chi connectivity index (χ0v) is 22.2. The first kappa shape index (κ1) is 23.9. The minimum absolute atomic E-state index is 0.0768. The average molecular weight is 511 g/mol. The maximum Gasteiger partial charge on any atom is 0.269 e. The van der Waals surface area contributed by atoms with Gasteiger partial charge in [-0.05, 0) is 49.8 Å². The van der Waals surface area contributed by atoms with Gasteiger partial charge in [0.05, 0.1) is 23.5 Å². The molecule has 1 spiro atoms. The molecule has 0 N–H and O–H groups in total. The van der Waals surface area contributed by atoms with E-state index in [1.807, 2.05) is 13.0 Å². The molecule has 1 saturated heterocycles. The Morgan fingerprint density at radius 3 is 2.28 bits per heavy atom. The number of aryl methyl sites for hydroxylation is 1. The predicted octanol–water partition coefficient (Wildman–Crippen LogP) is 4.37. The van der Waals surface area contributed by atoms with E-state index < -0.39 is 15.8 Å². The van der Waals surface area contributed by atoms with E-state index in [2.05, 4.69) is 35.8 Å². The Bertz CT molecular complexity index is 1370. The van der Waals surface area contributed by atoms with Crippen molar-refractivity contribution < 1.29 is 17.9 Å². The summed E-state index contributed by atoms with van der Waals surface area (Å²) in [5.74, 6) is 1.48. The summed E-state index contributed by atoms with van der Waals surface area (Å²) in [5.41, 5.74) is 1.49. The molecule has 0 amide bonds. The lowest BCUT2D eigenvalue weighted by atomic mass is 9.94. The highest BCUT2D eigenvalue weighted by atomic mass is 32.2. The lowest BCUT2D eigenvalue weighted by Crippen LogP contribution is -2.46. The number of hydrogen-bond acceptors (Lipinski definition) is 7. The molecule has 2 saturated carbocycles. The zero-order valence-electron chi connectivity index (χ0n) is 21.3. The average Bonchev–Trinajstić information content (AvgIpc) is 3.53. The van der Waals surface area contributed by atoms with Crippen LogP contribution in [0.2, 0.25) is 0 Å². The Kier molecular flexibility index (Phi) is 5.48. The molecule has 6 rings (SSSR count). The lowest BCUT2D eigenvalue weighted by Gasteiger charge is -2.42. The van der Waals surface area contributed by atoms with Crippen LogP contribution in [0.4, 0.5) is 5.82 Å². The van der Waals surface area contributed by atoms with Gasteiger partial charge >= 0.3 is 0 Å². The number of aromatic nitrogens is 3. The van der Waals surface area contributed by atoms with Gasteiger partial charge in [-0.25, -0.2) is 22.4 Å². The van der Waals surface area contributed by atoms with Crippen LogP contribution in [0.25, 0.3) is 11.0 Å². The molecule has 3 aliphatic rings. The van der Waals surface area contributed by atoms with Gasteiger partial charge in [0.1, 0.15) is 12.1 Å². The fourth-order valence-corrected chi connectivity index (χ4v) is 7.54. The number of rotatable bonds is 4. The summed E-state index contributed by atoms with van der Waals surface area (Å²) in [6, 6.07) is 9.01. The molecule has 0 bridgehead atoms. The maximum absolute atomic E-state index is 13.3. The van der Waals surface area contributed by atoms with Gasteiger partial charge < -0.3 is 14.4 Å². The van der Waals surface area contributed by atoms with Crippen LogP contribution in [0.5, 0.6) is 0 Å². The van der Waals surface area contributed by atoms with Gasteiger partial charge in [-0.1, -0.05) is 31.5 Å². The summed E-state index contributed by atoms with van der Waals surface area (Å²) < 4.78 is 40.5. The van der Waals surface area contributed by atoms with Crippen molar-refractivity contribution in [3.63, 3.8) is 0 Å². The van der Waals surface area contributed by atoms with Crippen molar-refractivity contribution in [1.82, 2.24) is 13.9 Å². The quantitative estimate of drug-likeness (QED) is 0.515. The second-order valence-electron chi connectivity index (χ2n) is 11.7. The summed E-state index contributed by atoms with van der Waals surface area (Å²) in [7, 11) is -1.70. The van der Waals surface area contributed by atoms with Crippen LogP contribution in [-0.2, 0) is 19.5 Å². The van der Waals surface area contributed by atoms with Crippen LogP contribution in [0.3, 0.4) is 0 Å². The van der Waals surface area contributed by atoms with Crippen LogP contribution in [0, 0.1) is 24.2 Å². The highest BCUT2D eigenvalue weighted by molar-refractivity contribution is 7.90. The van der Waals surface area contributed by atoms with E-state index in [0.29, 0.717) is 23.5 Å². The normalized spacial score (nSPS) is 26.9. The largest absolute Gasteiger partial charge is 0.356 e. The van der Waals surface area contributed by atoms with Crippen LogP contribution in [-0.4, -0.2) is 54.4 Å². The summed E-state index contributed by atoms with van der Waals surface area (Å²) in [5, 5.41) is 0.741. The molecule has 0 radical (unpaired) electrons. The van der Waals surface area contributed by atoms with E-state index in [9.17, 15) is 8.42 Å². The predicted molar refractivity (Wildman–Crippen MR) is 137 cm³/mol. The Balaban J connectivity index is 1.22. The minimum Gasteiger partial charge on any atom is -0.356 e. The van der Waals surface area contributed by atoms with E-state index in [-0.39, 0.29) is 10.3 Å². The molecular formula is C27H34N4O4S. The van der Waals surface area contributed by atoms with Gasteiger partial charge in [-0.3, -0.25) is 0 Å². The van der Waals surface area contributed by atoms with Crippen molar-refractivity contribution in [1.29, 1.82) is 0 Å². The highest BCUT2D eigenvalue weighted by Gasteiger charge is 2.54. The van der Waals surface area contributed by atoms with E-state index in [1.54, 1.807) is 30.5 Å². The molecule has 1 aromatic carbocycles. The van der Waals surface area contributed by atoms with Crippen molar-refractivity contribution in [2.75, 3.05) is 25.2 Å². The van der Waals surface area contributed by atoms with Crippen molar-refractivity contribution in [3.05, 3.63) is 48.4 Å². The number of fused-ring (bicyclic) bond motifs is 2. The first-order chi connectivity index (χ1) is 17.1. The summed E-state index contributed by atoms with van der Waals surface area (Å²) in [6.07, 6.45) is 7.04. The second-order valence-corrected chi connectivity index (χ2v) is 13.5. The van der Waals surface area contributed by atoms with Gasteiger partial charge in [-0.2, -0.15) is 0 Å².